The number of allylic oxidation sites excluding steroid dienone is 3. The van der Waals surface area contributed by atoms with Gasteiger partial charge in [0.15, 0.2) is 5.13 Å². The van der Waals surface area contributed by atoms with Crippen molar-refractivity contribution in [3.05, 3.63) is 59.6 Å². The number of anilines is 1. The third kappa shape index (κ3) is 3.83. The molecule has 4 nitrogen and oxygen atoms in total. The van der Waals surface area contributed by atoms with Gasteiger partial charge in [0.25, 0.3) is 0 Å². The van der Waals surface area contributed by atoms with Crippen LogP contribution < -0.4 is 10.6 Å². The van der Waals surface area contributed by atoms with Crippen LogP contribution in [0.1, 0.15) is 18.4 Å². The van der Waals surface area contributed by atoms with Gasteiger partial charge >= 0.3 is 6.18 Å². The van der Waals surface area contributed by atoms with E-state index in [2.05, 4.69) is 28.3 Å². The van der Waals surface area contributed by atoms with Gasteiger partial charge in [0.1, 0.15) is 5.82 Å². The number of halogens is 3. The van der Waals surface area contributed by atoms with Crippen molar-refractivity contribution in [2.75, 3.05) is 5.32 Å². The van der Waals surface area contributed by atoms with Crippen LogP contribution in [0.2, 0.25) is 0 Å². The van der Waals surface area contributed by atoms with Gasteiger partial charge in [0.05, 0.1) is 27.4 Å². The van der Waals surface area contributed by atoms with Gasteiger partial charge in [-0.05, 0) is 37.1 Å². The number of hydrogen-bond acceptors (Lipinski definition) is 5. The molecule has 1 aromatic heterocycles. The zero-order chi connectivity index (χ0) is 18.0. The Kier molecular flexibility index (Phi) is 4.51. The molecule has 128 valence electrons. The Morgan fingerprint density at radius 2 is 2.12 bits per heavy atom. The minimum Gasteiger partial charge on any atom is -0.342 e. The van der Waals surface area contributed by atoms with E-state index in [1.165, 1.54) is 17.4 Å². The van der Waals surface area contributed by atoms with Crippen LogP contribution in [0.5, 0.6) is 0 Å². The molecule has 3 rings (SSSR count). The summed E-state index contributed by atoms with van der Waals surface area (Å²) in [5.41, 5.74) is 0.615. The quantitative estimate of drug-likeness (QED) is 0.820. The van der Waals surface area contributed by atoms with E-state index < -0.39 is 11.7 Å². The van der Waals surface area contributed by atoms with E-state index >= 15 is 0 Å². The van der Waals surface area contributed by atoms with E-state index in [1.807, 2.05) is 0 Å². The molecule has 0 fully saturated rings. The van der Waals surface area contributed by atoms with Gasteiger partial charge in [-0.2, -0.15) is 18.4 Å². The number of benzene rings is 1. The molecule has 0 amide bonds. The van der Waals surface area contributed by atoms with Crippen LogP contribution in [0.4, 0.5) is 18.3 Å². The van der Waals surface area contributed by atoms with Crippen molar-refractivity contribution in [2.45, 2.75) is 19.0 Å². The molecule has 0 spiro atoms. The Bertz CT molecular complexity index is 931. The maximum atomic E-state index is 13.1. The van der Waals surface area contributed by atoms with Crippen LogP contribution in [0.15, 0.2) is 54.0 Å². The number of aromatic nitrogens is 1. The van der Waals surface area contributed by atoms with Gasteiger partial charge in [-0.15, -0.1) is 0 Å². The van der Waals surface area contributed by atoms with E-state index in [-0.39, 0.29) is 17.9 Å². The van der Waals surface area contributed by atoms with E-state index in [9.17, 15) is 13.2 Å². The van der Waals surface area contributed by atoms with Crippen molar-refractivity contribution in [2.24, 2.45) is 0 Å². The first-order valence-corrected chi connectivity index (χ1v) is 8.19. The summed E-state index contributed by atoms with van der Waals surface area (Å²) in [6, 6.07) is 7.14. The molecule has 0 saturated heterocycles. The van der Waals surface area contributed by atoms with Crippen LogP contribution in [0, 0.1) is 11.3 Å². The highest BCUT2D eigenvalue weighted by atomic mass is 32.1. The summed E-state index contributed by atoms with van der Waals surface area (Å²) in [5.74, 6) is 0.197. The lowest BCUT2D eigenvalue weighted by atomic mass is 10.0. The highest BCUT2D eigenvalue weighted by Crippen LogP contribution is 2.34. The van der Waals surface area contributed by atoms with Crippen LogP contribution >= 0.6 is 11.3 Å². The smallest absolute Gasteiger partial charge is 0.342 e. The van der Waals surface area contributed by atoms with Crippen LogP contribution in [-0.4, -0.2) is 11.2 Å². The van der Waals surface area contributed by atoms with E-state index in [0.717, 1.165) is 4.70 Å². The second-order valence-electron chi connectivity index (χ2n) is 5.37. The van der Waals surface area contributed by atoms with Crippen LogP contribution in [-0.2, 0) is 0 Å². The fraction of sp³-hybridized carbons (Fsp3) is 0.176. The molecule has 8 heteroatoms. The number of fused-ring (bicyclic) bond motifs is 1. The minimum atomic E-state index is -4.38. The monoisotopic (exact) mass is 362 g/mol. The number of hydrogen-bond donors (Lipinski definition) is 2. The normalized spacial score (nSPS) is 14.5. The van der Waals surface area contributed by atoms with Gasteiger partial charge in [0.2, 0.25) is 0 Å². The number of nitriles is 1. The highest BCUT2D eigenvalue weighted by molar-refractivity contribution is 7.22. The molecule has 0 radical (unpaired) electrons. The molecule has 0 unspecified atom stereocenters. The van der Waals surface area contributed by atoms with Crippen molar-refractivity contribution in [3.63, 3.8) is 0 Å². The van der Waals surface area contributed by atoms with Crippen molar-refractivity contribution in [1.82, 2.24) is 10.3 Å². The minimum absolute atomic E-state index is 0.0101. The number of thiazole rings is 1. The second-order valence-corrected chi connectivity index (χ2v) is 6.40. The van der Waals surface area contributed by atoms with Gasteiger partial charge in [-0.3, -0.25) is 0 Å². The number of nitrogens with one attached hydrogen (secondary N) is 2. The molecule has 1 aromatic carbocycles. The summed E-state index contributed by atoms with van der Waals surface area (Å²) in [4.78, 5) is 4.33. The average molecular weight is 362 g/mol. The lowest BCUT2D eigenvalue weighted by Crippen LogP contribution is -2.25. The Morgan fingerprint density at radius 3 is 2.84 bits per heavy atom. The summed E-state index contributed by atoms with van der Waals surface area (Å²) in [6.45, 7) is 3.72. The van der Waals surface area contributed by atoms with Gasteiger partial charge in [-0.1, -0.05) is 24.0 Å². The summed E-state index contributed by atoms with van der Waals surface area (Å²) in [6.07, 6.45) is -0.980. The molecule has 0 bridgehead atoms. The third-order valence-corrected chi connectivity index (χ3v) is 4.51. The lowest BCUT2D eigenvalue weighted by Gasteiger charge is -2.20. The first-order chi connectivity index (χ1) is 11.9. The van der Waals surface area contributed by atoms with Crippen molar-refractivity contribution >= 4 is 26.7 Å². The summed E-state index contributed by atoms with van der Waals surface area (Å²) < 4.78 is 40.0. The molecule has 0 saturated carbocycles. The summed E-state index contributed by atoms with van der Waals surface area (Å²) in [7, 11) is 0. The van der Waals surface area contributed by atoms with E-state index in [1.54, 1.807) is 24.3 Å². The number of rotatable bonds is 4. The van der Waals surface area contributed by atoms with Crippen molar-refractivity contribution in [3.8, 4) is 6.07 Å². The molecule has 25 heavy (non-hydrogen) atoms. The zero-order valence-electron chi connectivity index (χ0n) is 12.9. The summed E-state index contributed by atoms with van der Waals surface area (Å²) >= 11 is 1.29. The van der Waals surface area contributed by atoms with Crippen molar-refractivity contribution in [1.29, 1.82) is 5.26 Å². The summed E-state index contributed by atoms with van der Waals surface area (Å²) in [5, 5.41) is 14.9. The highest BCUT2D eigenvalue weighted by Gasteiger charge is 2.36. The Morgan fingerprint density at radius 1 is 1.32 bits per heavy atom. The van der Waals surface area contributed by atoms with Gasteiger partial charge in [0, 0.05) is 5.70 Å². The third-order valence-electron chi connectivity index (χ3n) is 3.57. The van der Waals surface area contributed by atoms with Gasteiger partial charge in [-0.25, -0.2) is 4.98 Å². The first kappa shape index (κ1) is 17.0. The van der Waals surface area contributed by atoms with Crippen LogP contribution in [0.3, 0.4) is 0 Å². The Balaban J connectivity index is 1.77. The SMILES string of the molecule is C=C(NC1=C(C(F)(F)F)CCC=C1)Nc1nc2ccc(C#N)cc2s1. The maximum Gasteiger partial charge on any atom is 0.414 e. The van der Waals surface area contributed by atoms with Crippen molar-refractivity contribution < 1.29 is 13.2 Å². The lowest BCUT2D eigenvalue weighted by molar-refractivity contribution is -0.0950. The molecule has 0 aliphatic heterocycles. The molecule has 2 aromatic rings. The maximum absolute atomic E-state index is 13.1. The average Bonchev–Trinajstić information content (AvgIpc) is 2.95. The molecule has 1 aliphatic rings. The number of alkyl halides is 3. The van der Waals surface area contributed by atoms with E-state index in [0.29, 0.717) is 22.6 Å². The second kappa shape index (κ2) is 6.61. The molecule has 2 N–H and O–H groups in total. The molecular weight excluding hydrogens is 349 g/mol. The molecular formula is C17H13F3N4S. The van der Waals surface area contributed by atoms with Gasteiger partial charge < -0.3 is 10.6 Å². The predicted octanol–water partition coefficient (Wildman–Crippen LogP) is 4.81. The largest absolute Gasteiger partial charge is 0.414 e. The first-order valence-electron chi connectivity index (χ1n) is 7.37. The topological polar surface area (TPSA) is 60.7 Å². The number of nitrogens with zero attached hydrogens (tertiary/aromatic N) is 2. The fourth-order valence-electron chi connectivity index (χ4n) is 2.45. The molecule has 1 heterocycles. The molecule has 1 aliphatic carbocycles. The zero-order valence-corrected chi connectivity index (χ0v) is 13.8. The predicted molar refractivity (Wildman–Crippen MR) is 91.7 cm³/mol. The van der Waals surface area contributed by atoms with E-state index in [4.69, 9.17) is 5.26 Å². The molecule has 0 atom stereocenters. The van der Waals surface area contributed by atoms with Crippen LogP contribution in [0.25, 0.3) is 10.2 Å². The Labute approximate surface area is 146 Å². The standard InChI is InChI=1S/C17H13F3N4S/c1-10(22-13-5-3-2-4-12(13)17(18,19)20)23-16-24-14-7-6-11(9-21)8-15(14)25-16/h3,5-8,22H,1-2,4H2,(H,23,24). The Hall–Kier alpha value is -2.79. The fourth-order valence-corrected chi connectivity index (χ4v) is 3.38.